The number of halogens is 3. The molecule has 0 spiro atoms. The fourth-order valence-corrected chi connectivity index (χ4v) is 1.36. The minimum Gasteiger partial charge on any atom is -0.345 e. The van der Waals surface area contributed by atoms with E-state index in [1.165, 1.54) is 12.1 Å². The molecule has 6 nitrogen and oxygen atoms in total. The number of tetrazole rings is 1. The van der Waals surface area contributed by atoms with E-state index in [9.17, 15) is 18.0 Å². The molecule has 0 radical (unpaired) electrons. The van der Waals surface area contributed by atoms with Gasteiger partial charge >= 0.3 is 6.18 Å². The lowest BCUT2D eigenvalue weighted by Crippen LogP contribution is -2.23. The van der Waals surface area contributed by atoms with E-state index in [0.717, 1.165) is 12.1 Å². The summed E-state index contributed by atoms with van der Waals surface area (Å²) >= 11 is 0. The average Bonchev–Trinajstić information content (AvgIpc) is 2.88. The molecule has 0 aliphatic rings. The molecule has 2 rings (SSSR count). The maximum absolute atomic E-state index is 12.5. The third-order valence-electron chi connectivity index (χ3n) is 2.25. The van der Waals surface area contributed by atoms with Crippen LogP contribution in [0.4, 0.5) is 13.2 Å². The van der Waals surface area contributed by atoms with E-state index in [-0.39, 0.29) is 17.9 Å². The molecule has 0 atom stereocenters. The predicted molar refractivity (Wildman–Crippen MR) is 56.8 cm³/mol. The number of amides is 1. The Morgan fingerprint density at radius 1 is 1.37 bits per heavy atom. The van der Waals surface area contributed by atoms with Crippen molar-refractivity contribution in [3.05, 3.63) is 41.2 Å². The van der Waals surface area contributed by atoms with Crippen LogP contribution in [-0.4, -0.2) is 26.5 Å². The first-order valence-electron chi connectivity index (χ1n) is 5.14. The number of nitrogens with one attached hydrogen (secondary N) is 2. The van der Waals surface area contributed by atoms with Gasteiger partial charge in [0, 0.05) is 5.56 Å². The first kappa shape index (κ1) is 13.0. The van der Waals surface area contributed by atoms with Crippen LogP contribution < -0.4 is 5.32 Å². The standard InChI is InChI=1S/C10H8F3N5O/c11-10(12,13)7-3-1-2-6(4-7)9(19)14-5-8-15-17-18-16-8/h1-4H,5H2,(H,14,19)(H,15,16,17,18). The van der Waals surface area contributed by atoms with Crippen molar-refractivity contribution < 1.29 is 18.0 Å². The maximum atomic E-state index is 12.5. The minimum absolute atomic E-state index is 0.0222. The van der Waals surface area contributed by atoms with Gasteiger partial charge in [0.2, 0.25) is 0 Å². The molecule has 1 aromatic heterocycles. The van der Waals surface area contributed by atoms with Crippen molar-refractivity contribution in [1.29, 1.82) is 0 Å². The Labute approximate surface area is 105 Å². The first-order chi connectivity index (χ1) is 8.97. The highest BCUT2D eigenvalue weighted by atomic mass is 19.4. The number of rotatable bonds is 3. The summed E-state index contributed by atoms with van der Waals surface area (Å²) in [6.45, 7) is -0.0222. The van der Waals surface area contributed by atoms with Crippen molar-refractivity contribution in [2.75, 3.05) is 0 Å². The third kappa shape index (κ3) is 3.27. The van der Waals surface area contributed by atoms with Crippen LogP contribution in [0, 0.1) is 0 Å². The van der Waals surface area contributed by atoms with Crippen molar-refractivity contribution in [3.63, 3.8) is 0 Å². The Hall–Kier alpha value is -2.45. The number of aromatic nitrogens is 4. The van der Waals surface area contributed by atoms with E-state index in [2.05, 4.69) is 25.9 Å². The molecular formula is C10H8F3N5O. The molecule has 0 unspecified atom stereocenters. The number of benzene rings is 1. The van der Waals surface area contributed by atoms with Gasteiger partial charge in [-0.1, -0.05) is 11.3 Å². The quantitative estimate of drug-likeness (QED) is 0.877. The van der Waals surface area contributed by atoms with Gasteiger partial charge in [-0.25, -0.2) is 0 Å². The Kier molecular flexibility index (Phi) is 3.45. The van der Waals surface area contributed by atoms with Crippen LogP contribution >= 0.6 is 0 Å². The molecule has 1 aromatic carbocycles. The fourth-order valence-electron chi connectivity index (χ4n) is 1.36. The molecule has 2 aromatic rings. The molecule has 100 valence electrons. The molecule has 1 heterocycles. The second-order valence-electron chi connectivity index (χ2n) is 3.59. The van der Waals surface area contributed by atoms with Crippen molar-refractivity contribution in [1.82, 2.24) is 25.9 Å². The smallest absolute Gasteiger partial charge is 0.345 e. The molecule has 0 saturated heterocycles. The molecule has 0 fully saturated rings. The maximum Gasteiger partial charge on any atom is 0.416 e. The summed E-state index contributed by atoms with van der Waals surface area (Å²) in [6.07, 6.45) is -4.48. The molecule has 0 aliphatic carbocycles. The number of hydrogen-bond acceptors (Lipinski definition) is 4. The fraction of sp³-hybridized carbons (Fsp3) is 0.200. The van der Waals surface area contributed by atoms with E-state index >= 15 is 0 Å². The van der Waals surface area contributed by atoms with Crippen LogP contribution in [0.15, 0.2) is 24.3 Å². The highest BCUT2D eigenvalue weighted by Gasteiger charge is 2.30. The molecule has 0 aliphatic heterocycles. The highest BCUT2D eigenvalue weighted by Crippen LogP contribution is 2.29. The zero-order chi connectivity index (χ0) is 13.9. The van der Waals surface area contributed by atoms with Gasteiger partial charge in [-0.15, -0.1) is 10.2 Å². The van der Waals surface area contributed by atoms with Gasteiger partial charge < -0.3 is 5.32 Å². The summed E-state index contributed by atoms with van der Waals surface area (Å²) in [4.78, 5) is 11.7. The zero-order valence-electron chi connectivity index (χ0n) is 9.40. The number of nitrogens with zero attached hydrogens (tertiary/aromatic N) is 3. The lowest BCUT2D eigenvalue weighted by Gasteiger charge is -2.08. The minimum atomic E-state index is -4.48. The summed E-state index contributed by atoms with van der Waals surface area (Å²) in [6, 6.07) is 4.15. The van der Waals surface area contributed by atoms with Crippen molar-refractivity contribution in [2.24, 2.45) is 0 Å². The number of carbonyl (C=O) groups excluding carboxylic acids is 1. The van der Waals surface area contributed by atoms with Gasteiger partial charge in [-0.2, -0.15) is 18.4 Å². The third-order valence-corrected chi connectivity index (χ3v) is 2.25. The van der Waals surface area contributed by atoms with Crippen LogP contribution in [0.3, 0.4) is 0 Å². The lowest BCUT2D eigenvalue weighted by atomic mass is 10.1. The molecule has 9 heteroatoms. The number of H-pyrrole nitrogens is 1. The van der Waals surface area contributed by atoms with Gasteiger partial charge in [0.25, 0.3) is 5.91 Å². The Morgan fingerprint density at radius 2 is 2.16 bits per heavy atom. The van der Waals surface area contributed by atoms with E-state index in [1.807, 2.05) is 0 Å². The molecule has 1 amide bonds. The molecular weight excluding hydrogens is 263 g/mol. The van der Waals surface area contributed by atoms with Crippen molar-refractivity contribution >= 4 is 5.91 Å². The molecule has 19 heavy (non-hydrogen) atoms. The van der Waals surface area contributed by atoms with Crippen LogP contribution in [0.2, 0.25) is 0 Å². The molecule has 0 saturated carbocycles. The van der Waals surface area contributed by atoms with Crippen molar-refractivity contribution in [3.8, 4) is 0 Å². The summed E-state index contributed by atoms with van der Waals surface area (Å²) in [7, 11) is 0. The van der Waals surface area contributed by atoms with E-state index in [1.54, 1.807) is 0 Å². The number of carbonyl (C=O) groups is 1. The number of aromatic amines is 1. The normalized spacial score (nSPS) is 11.3. The Morgan fingerprint density at radius 3 is 2.79 bits per heavy atom. The topological polar surface area (TPSA) is 83.6 Å². The largest absolute Gasteiger partial charge is 0.416 e. The lowest BCUT2D eigenvalue weighted by molar-refractivity contribution is -0.137. The zero-order valence-corrected chi connectivity index (χ0v) is 9.40. The summed E-state index contributed by atoms with van der Waals surface area (Å²) < 4.78 is 37.4. The average molecular weight is 271 g/mol. The molecule has 2 N–H and O–H groups in total. The van der Waals surface area contributed by atoms with Gasteiger partial charge in [-0.05, 0) is 18.2 Å². The van der Waals surface area contributed by atoms with E-state index in [0.29, 0.717) is 0 Å². The van der Waals surface area contributed by atoms with Crippen LogP contribution in [0.1, 0.15) is 21.7 Å². The summed E-state index contributed by atoms with van der Waals surface area (Å²) in [5.74, 6) is -0.406. The molecule has 0 bridgehead atoms. The summed E-state index contributed by atoms with van der Waals surface area (Å²) in [5.41, 5.74) is -0.960. The van der Waals surface area contributed by atoms with E-state index in [4.69, 9.17) is 0 Å². The highest BCUT2D eigenvalue weighted by molar-refractivity contribution is 5.94. The van der Waals surface area contributed by atoms with Crippen LogP contribution in [0.25, 0.3) is 0 Å². The Balaban J connectivity index is 2.07. The van der Waals surface area contributed by atoms with Crippen LogP contribution in [0.5, 0.6) is 0 Å². The first-order valence-corrected chi connectivity index (χ1v) is 5.14. The van der Waals surface area contributed by atoms with Gasteiger partial charge in [0.15, 0.2) is 5.82 Å². The predicted octanol–water partition coefficient (Wildman–Crippen LogP) is 1.15. The van der Waals surface area contributed by atoms with E-state index < -0.39 is 17.6 Å². The van der Waals surface area contributed by atoms with Crippen molar-refractivity contribution in [2.45, 2.75) is 12.7 Å². The monoisotopic (exact) mass is 271 g/mol. The SMILES string of the molecule is O=C(NCc1nn[nH]n1)c1cccc(C(F)(F)F)c1. The van der Waals surface area contributed by atoms with Gasteiger partial charge in [0.1, 0.15) is 0 Å². The second-order valence-corrected chi connectivity index (χ2v) is 3.59. The second kappa shape index (κ2) is 5.04. The van der Waals surface area contributed by atoms with Gasteiger partial charge in [0.05, 0.1) is 12.1 Å². The van der Waals surface area contributed by atoms with Gasteiger partial charge in [-0.3, -0.25) is 4.79 Å². The number of alkyl halides is 3. The summed E-state index contributed by atoms with van der Waals surface area (Å²) in [5, 5.41) is 15.1. The van der Waals surface area contributed by atoms with Crippen LogP contribution in [-0.2, 0) is 12.7 Å². The Bertz CT molecular complexity index is 567. The number of hydrogen-bond donors (Lipinski definition) is 2.